The van der Waals surface area contributed by atoms with E-state index in [0.717, 1.165) is 13.2 Å². The van der Waals surface area contributed by atoms with Crippen molar-refractivity contribution in [2.24, 2.45) is 0 Å². The maximum absolute atomic E-state index is 11.3. The van der Waals surface area contributed by atoms with Crippen molar-refractivity contribution in [3.8, 4) is 0 Å². The highest BCUT2D eigenvalue weighted by Gasteiger charge is 2.11. The van der Waals surface area contributed by atoms with Gasteiger partial charge in [-0.2, -0.15) is 0 Å². The Hall–Kier alpha value is -1.69. The highest BCUT2D eigenvalue weighted by atomic mass is 32.2. The molecule has 0 aromatic heterocycles. The molecule has 0 aliphatic carbocycles. The van der Waals surface area contributed by atoms with Crippen LogP contribution in [0.3, 0.4) is 0 Å². The van der Waals surface area contributed by atoms with E-state index in [1.54, 1.807) is 30.3 Å². The van der Waals surface area contributed by atoms with Crippen LogP contribution in [0.25, 0.3) is 0 Å². The molecule has 1 aromatic carbocycles. The number of ketones is 1. The Labute approximate surface area is 100 Å². The first-order valence-corrected chi connectivity index (χ1v) is 6.74. The fraction of sp³-hybridized carbons (Fsp3) is 0.273. The molecule has 0 amide bonds. The average molecular weight is 258 g/mol. The Kier molecular flexibility index (Phi) is 6.12. The van der Waals surface area contributed by atoms with Crippen molar-refractivity contribution in [2.45, 2.75) is 6.92 Å². The molecule has 0 fully saturated rings. The third-order valence-electron chi connectivity index (χ3n) is 1.49. The van der Waals surface area contributed by atoms with Gasteiger partial charge >= 0.3 is 0 Å². The van der Waals surface area contributed by atoms with Crippen LogP contribution in [0.15, 0.2) is 30.3 Å². The van der Waals surface area contributed by atoms with Crippen molar-refractivity contribution in [1.82, 2.24) is 0 Å². The molecule has 6 heteroatoms. The average Bonchev–Trinajstić information content (AvgIpc) is 2.15. The van der Waals surface area contributed by atoms with E-state index in [9.17, 15) is 13.2 Å². The number of sulfone groups is 1. The first kappa shape index (κ1) is 15.3. The van der Waals surface area contributed by atoms with Crippen LogP contribution in [-0.2, 0) is 14.6 Å². The third-order valence-corrected chi connectivity index (χ3v) is 2.28. The number of carboxylic acid groups (broad SMARTS) is 1. The zero-order chi connectivity index (χ0) is 13.5. The zero-order valence-electron chi connectivity index (χ0n) is 9.58. The van der Waals surface area contributed by atoms with Crippen LogP contribution in [0.5, 0.6) is 0 Å². The second-order valence-electron chi connectivity index (χ2n) is 3.38. The lowest BCUT2D eigenvalue weighted by molar-refractivity contribution is -0.134. The molecule has 0 saturated carbocycles. The largest absolute Gasteiger partial charge is 0.481 e. The second-order valence-corrected chi connectivity index (χ2v) is 5.52. The molecule has 0 atom stereocenters. The van der Waals surface area contributed by atoms with Crippen molar-refractivity contribution in [1.29, 1.82) is 0 Å². The van der Waals surface area contributed by atoms with Gasteiger partial charge in [0.25, 0.3) is 5.97 Å². The van der Waals surface area contributed by atoms with Gasteiger partial charge in [0.2, 0.25) is 0 Å². The molecule has 0 aliphatic heterocycles. The van der Waals surface area contributed by atoms with E-state index in [2.05, 4.69) is 0 Å². The van der Waals surface area contributed by atoms with Crippen molar-refractivity contribution >= 4 is 21.6 Å². The molecule has 1 aromatic rings. The normalized spacial score (nSPS) is 10.0. The second kappa shape index (κ2) is 6.80. The van der Waals surface area contributed by atoms with Gasteiger partial charge in [-0.1, -0.05) is 30.3 Å². The maximum Gasteiger partial charge on any atom is 0.300 e. The fourth-order valence-electron chi connectivity index (χ4n) is 0.946. The Morgan fingerprint density at radius 2 is 1.59 bits per heavy atom. The molecule has 0 unspecified atom stereocenters. The monoisotopic (exact) mass is 258 g/mol. The maximum atomic E-state index is 11.3. The topological polar surface area (TPSA) is 88.5 Å². The summed E-state index contributed by atoms with van der Waals surface area (Å²) in [5, 5.41) is 7.42. The van der Waals surface area contributed by atoms with Crippen molar-refractivity contribution in [3.05, 3.63) is 35.9 Å². The highest BCUT2D eigenvalue weighted by molar-refractivity contribution is 7.91. The van der Waals surface area contributed by atoms with Gasteiger partial charge in [-0.05, 0) is 0 Å². The van der Waals surface area contributed by atoms with Gasteiger partial charge in [-0.25, -0.2) is 8.42 Å². The Morgan fingerprint density at radius 3 is 1.94 bits per heavy atom. The highest BCUT2D eigenvalue weighted by Crippen LogP contribution is 2.01. The molecule has 0 saturated heterocycles. The first-order chi connectivity index (χ1) is 7.72. The zero-order valence-corrected chi connectivity index (χ0v) is 10.4. The van der Waals surface area contributed by atoms with Crippen LogP contribution in [0, 0.1) is 0 Å². The summed E-state index contributed by atoms with van der Waals surface area (Å²) in [4.78, 5) is 20.3. The van der Waals surface area contributed by atoms with E-state index < -0.39 is 21.6 Å². The lowest BCUT2D eigenvalue weighted by Crippen LogP contribution is -2.14. The van der Waals surface area contributed by atoms with Crippen molar-refractivity contribution in [2.75, 3.05) is 12.0 Å². The van der Waals surface area contributed by atoms with E-state index in [-0.39, 0.29) is 5.78 Å². The molecular formula is C11H14O5S. The van der Waals surface area contributed by atoms with Crippen molar-refractivity contribution < 1.29 is 23.1 Å². The number of carbonyl (C=O) groups excluding carboxylic acids is 1. The number of aliphatic carboxylic acids is 1. The number of hydrogen-bond donors (Lipinski definition) is 1. The van der Waals surface area contributed by atoms with E-state index >= 15 is 0 Å². The van der Waals surface area contributed by atoms with E-state index in [1.165, 1.54) is 0 Å². The van der Waals surface area contributed by atoms with Crippen LogP contribution >= 0.6 is 0 Å². The van der Waals surface area contributed by atoms with E-state index in [1.807, 2.05) is 0 Å². The van der Waals surface area contributed by atoms with Gasteiger partial charge in [0.15, 0.2) is 15.6 Å². The van der Waals surface area contributed by atoms with Gasteiger partial charge in [-0.3, -0.25) is 9.59 Å². The number of Topliss-reactive ketones (excluding diaryl/α,β-unsaturated/α-hetero) is 1. The molecule has 0 radical (unpaired) electrons. The summed E-state index contributed by atoms with van der Waals surface area (Å²) in [6.45, 7) is 1.08. The van der Waals surface area contributed by atoms with Crippen LogP contribution in [0.1, 0.15) is 17.3 Å². The van der Waals surface area contributed by atoms with Crippen LogP contribution < -0.4 is 0 Å². The molecule has 0 bridgehead atoms. The predicted molar refractivity (Wildman–Crippen MR) is 63.8 cm³/mol. The summed E-state index contributed by atoms with van der Waals surface area (Å²) in [7, 11) is -3.22. The lowest BCUT2D eigenvalue weighted by atomic mass is 10.2. The lowest BCUT2D eigenvalue weighted by Gasteiger charge is -1.97. The summed E-state index contributed by atoms with van der Waals surface area (Å²) in [5.41, 5.74) is 0.438. The quantitative estimate of drug-likeness (QED) is 0.817. The summed E-state index contributed by atoms with van der Waals surface area (Å²) in [6.07, 6.45) is 1.05. The van der Waals surface area contributed by atoms with Gasteiger partial charge in [0, 0.05) is 18.7 Å². The van der Waals surface area contributed by atoms with Crippen LogP contribution in [-0.4, -0.2) is 37.3 Å². The SMILES string of the molecule is CC(=O)O.CS(=O)(=O)CC(=O)c1ccccc1. The van der Waals surface area contributed by atoms with E-state index in [4.69, 9.17) is 9.90 Å². The van der Waals surface area contributed by atoms with Gasteiger partial charge < -0.3 is 5.11 Å². The number of carboxylic acids is 1. The molecule has 1 N–H and O–H groups in total. The van der Waals surface area contributed by atoms with E-state index in [0.29, 0.717) is 5.56 Å². The predicted octanol–water partition coefficient (Wildman–Crippen LogP) is 1.00. The van der Waals surface area contributed by atoms with Crippen molar-refractivity contribution in [3.63, 3.8) is 0 Å². The number of carbonyl (C=O) groups is 2. The summed E-state index contributed by atoms with van der Waals surface area (Å²) in [6, 6.07) is 8.39. The standard InChI is InChI=1S/C9H10O3S.C2H4O2/c1-13(11,12)7-9(10)8-5-3-2-4-6-8;1-2(3)4/h2-6H,7H2,1H3;1H3,(H,3,4). The van der Waals surface area contributed by atoms with Gasteiger partial charge in [0.1, 0.15) is 5.75 Å². The number of rotatable bonds is 3. The molecule has 17 heavy (non-hydrogen) atoms. The summed E-state index contributed by atoms with van der Waals surface area (Å²) in [5.74, 6) is -1.61. The van der Waals surface area contributed by atoms with Gasteiger partial charge in [-0.15, -0.1) is 0 Å². The molecule has 0 spiro atoms. The first-order valence-electron chi connectivity index (χ1n) is 4.68. The smallest absolute Gasteiger partial charge is 0.300 e. The van der Waals surface area contributed by atoms with Gasteiger partial charge in [0.05, 0.1) is 0 Å². The molecular weight excluding hydrogens is 244 g/mol. The van der Waals surface area contributed by atoms with Crippen LogP contribution in [0.2, 0.25) is 0 Å². The Bertz CT molecular complexity index is 472. The summed E-state index contributed by atoms with van der Waals surface area (Å²) < 4.78 is 21.6. The molecule has 1 rings (SSSR count). The summed E-state index contributed by atoms with van der Waals surface area (Å²) >= 11 is 0. The minimum atomic E-state index is -3.22. The molecule has 0 aliphatic rings. The number of hydrogen-bond acceptors (Lipinski definition) is 4. The Morgan fingerprint density at radius 1 is 1.18 bits per heavy atom. The third kappa shape index (κ3) is 9.25. The fourth-order valence-corrected chi connectivity index (χ4v) is 1.59. The Balaban J connectivity index is 0.000000557. The molecule has 94 valence electrons. The minimum Gasteiger partial charge on any atom is -0.481 e. The molecule has 0 heterocycles. The molecule has 5 nitrogen and oxygen atoms in total. The minimum absolute atomic E-state index is 0.358. The number of benzene rings is 1. The van der Waals surface area contributed by atoms with Crippen LogP contribution in [0.4, 0.5) is 0 Å².